The van der Waals surface area contributed by atoms with Gasteiger partial charge in [0.1, 0.15) is 6.61 Å². The average Bonchev–Trinajstić information content (AvgIpc) is 2.59. The summed E-state index contributed by atoms with van der Waals surface area (Å²) in [6.07, 6.45) is 1.39. The molecule has 1 amide bonds. The first kappa shape index (κ1) is 17.5. The van der Waals surface area contributed by atoms with Crippen molar-refractivity contribution < 1.29 is 9.53 Å². The van der Waals surface area contributed by atoms with Crippen LogP contribution >= 0.6 is 15.9 Å². The molecule has 0 aromatic heterocycles. The van der Waals surface area contributed by atoms with Crippen LogP contribution in [0.5, 0.6) is 0 Å². The summed E-state index contributed by atoms with van der Waals surface area (Å²) in [4.78, 5) is 14.0. The molecule has 0 bridgehead atoms. The Hall–Kier alpha value is -1.81. The summed E-state index contributed by atoms with van der Waals surface area (Å²) < 4.78 is 6.49. The molecule has 4 heteroatoms. The van der Waals surface area contributed by atoms with Crippen LogP contribution in [0.2, 0.25) is 0 Å². The first-order valence-corrected chi connectivity index (χ1v) is 8.58. The van der Waals surface area contributed by atoms with Gasteiger partial charge >= 0.3 is 6.09 Å². The SMILES string of the molecule is CCC(Cc1ccccc1Br)N(C)C(=O)OCc1ccccc1. The highest BCUT2D eigenvalue weighted by Gasteiger charge is 2.20. The van der Waals surface area contributed by atoms with E-state index in [4.69, 9.17) is 4.74 Å². The Bertz CT molecular complexity index is 630. The molecule has 2 aromatic rings. The maximum atomic E-state index is 12.3. The summed E-state index contributed by atoms with van der Waals surface area (Å²) in [6, 6.07) is 17.9. The molecule has 1 atom stereocenters. The Labute approximate surface area is 146 Å². The van der Waals surface area contributed by atoms with E-state index in [1.165, 1.54) is 5.56 Å². The van der Waals surface area contributed by atoms with E-state index in [9.17, 15) is 4.79 Å². The number of carbonyl (C=O) groups is 1. The van der Waals surface area contributed by atoms with Gasteiger partial charge in [-0.1, -0.05) is 71.4 Å². The molecule has 0 saturated carbocycles. The molecule has 0 heterocycles. The molecule has 0 N–H and O–H groups in total. The van der Waals surface area contributed by atoms with Crippen LogP contribution in [0.15, 0.2) is 59.1 Å². The Morgan fingerprint density at radius 1 is 1.13 bits per heavy atom. The van der Waals surface area contributed by atoms with Crippen LogP contribution < -0.4 is 0 Å². The second kappa shape index (κ2) is 8.73. The number of carbonyl (C=O) groups excluding carboxylic acids is 1. The average molecular weight is 376 g/mol. The number of likely N-dealkylation sites (N-methyl/N-ethyl adjacent to an activating group) is 1. The van der Waals surface area contributed by atoms with E-state index in [1.54, 1.807) is 11.9 Å². The lowest BCUT2D eigenvalue weighted by atomic mass is 10.0. The predicted octanol–water partition coefficient (Wildman–Crippen LogP) is 5.04. The fourth-order valence-corrected chi connectivity index (χ4v) is 2.89. The second-order valence-electron chi connectivity index (χ2n) is 5.51. The third-order valence-corrected chi connectivity index (χ3v) is 4.70. The molecule has 23 heavy (non-hydrogen) atoms. The molecule has 0 aliphatic rings. The number of hydrogen-bond acceptors (Lipinski definition) is 2. The Morgan fingerprint density at radius 3 is 2.43 bits per heavy atom. The van der Waals surface area contributed by atoms with E-state index in [0.29, 0.717) is 6.61 Å². The lowest BCUT2D eigenvalue weighted by molar-refractivity contribution is 0.0900. The van der Waals surface area contributed by atoms with E-state index in [-0.39, 0.29) is 12.1 Å². The zero-order valence-corrected chi connectivity index (χ0v) is 15.1. The Balaban J connectivity index is 1.94. The molecule has 122 valence electrons. The fraction of sp³-hybridized carbons (Fsp3) is 0.316. The number of ether oxygens (including phenoxy) is 1. The number of amides is 1. The molecule has 0 saturated heterocycles. The maximum absolute atomic E-state index is 12.3. The molecule has 2 aromatic carbocycles. The van der Waals surface area contributed by atoms with Gasteiger partial charge in [0.15, 0.2) is 0 Å². The lowest BCUT2D eigenvalue weighted by Crippen LogP contribution is -2.38. The number of nitrogens with zero attached hydrogens (tertiary/aromatic N) is 1. The van der Waals surface area contributed by atoms with Gasteiger partial charge in [-0.05, 0) is 30.0 Å². The van der Waals surface area contributed by atoms with E-state index in [2.05, 4.69) is 28.9 Å². The predicted molar refractivity (Wildman–Crippen MR) is 96.3 cm³/mol. The van der Waals surface area contributed by atoms with Gasteiger partial charge in [-0.15, -0.1) is 0 Å². The third-order valence-electron chi connectivity index (χ3n) is 3.93. The van der Waals surface area contributed by atoms with Gasteiger partial charge in [-0.2, -0.15) is 0 Å². The van der Waals surface area contributed by atoms with Crippen LogP contribution in [-0.2, 0) is 17.8 Å². The number of rotatable bonds is 6. The minimum atomic E-state index is -0.284. The van der Waals surface area contributed by atoms with Crippen LogP contribution in [0.3, 0.4) is 0 Å². The largest absolute Gasteiger partial charge is 0.445 e. The van der Waals surface area contributed by atoms with Crippen LogP contribution in [0.4, 0.5) is 4.79 Å². The second-order valence-corrected chi connectivity index (χ2v) is 6.36. The van der Waals surface area contributed by atoms with Crippen LogP contribution in [0, 0.1) is 0 Å². The standard InChI is InChI=1S/C19H22BrNO2/c1-3-17(13-16-11-7-8-12-18(16)20)21(2)19(22)23-14-15-9-5-4-6-10-15/h4-12,17H,3,13-14H2,1-2H3. The van der Waals surface area contributed by atoms with Gasteiger partial charge in [0.05, 0.1) is 0 Å². The first-order valence-electron chi connectivity index (χ1n) is 7.78. The zero-order chi connectivity index (χ0) is 16.7. The number of halogens is 1. The minimum Gasteiger partial charge on any atom is -0.445 e. The van der Waals surface area contributed by atoms with Crippen molar-refractivity contribution in [3.63, 3.8) is 0 Å². The molecular weight excluding hydrogens is 354 g/mol. The minimum absolute atomic E-state index is 0.108. The van der Waals surface area contributed by atoms with Gasteiger partial charge in [0, 0.05) is 17.6 Å². The quantitative estimate of drug-likeness (QED) is 0.707. The van der Waals surface area contributed by atoms with E-state index >= 15 is 0 Å². The molecule has 0 aliphatic carbocycles. The molecule has 3 nitrogen and oxygen atoms in total. The monoisotopic (exact) mass is 375 g/mol. The van der Waals surface area contributed by atoms with E-state index in [1.807, 2.05) is 48.5 Å². The summed E-state index contributed by atoms with van der Waals surface area (Å²) >= 11 is 3.57. The summed E-state index contributed by atoms with van der Waals surface area (Å²) in [5.74, 6) is 0. The topological polar surface area (TPSA) is 29.5 Å². The van der Waals surface area contributed by atoms with Crippen molar-refractivity contribution in [1.82, 2.24) is 4.90 Å². The molecule has 0 fully saturated rings. The first-order chi connectivity index (χ1) is 11.1. The lowest BCUT2D eigenvalue weighted by Gasteiger charge is -2.27. The van der Waals surface area contributed by atoms with E-state index < -0.39 is 0 Å². The zero-order valence-electron chi connectivity index (χ0n) is 13.5. The van der Waals surface area contributed by atoms with Gasteiger partial charge < -0.3 is 9.64 Å². The molecular formula is C19H22BrNO2. The van der Waals surface area contributed by atoms with Crippen LogP contribution in [0.25, 0.3) is 0 Å². The molecule has 0 aliphatic heterocycles. The van der Waals surface area contributed by atoms with Crippen molar-refractivity contribution in [2.75, 3.05) is 7.05 Å². The highest BCUT2D eigenvalue weighted by atomic mass is 79.9. The van der Waals surface area contributed by atoms with Crippen molar-refractivity contribution in [2.24, 2.45) is 0 Å². The van der Waals surface area contributed by atoms with Gasteiger partial charge in [-0.25, -0.2) is 4.79 Å². The highest BCUT2D eigenvalue weighted by molar-refractivity contribution is 9.10. The van der Waals surface area contributed by atoms with Crippen molar-refractivity contribution in [1.29, 1.82) is 0 Å². The molecule has 1 unspecified atom stereocenters. The maximum Gasteiger partial charge on any atom is 0.410 e. The van der Waals surface area contributed by atoms with Gasteiger partial charge in [-0.3, -0.25) is 0 Å². The highest BCUT2D eigenvalue weighted by Crippen LogP contribution is 2.20. The summed E-state index contributed by atoms with van der Waals surface area (Å²) in [5.41, 5.74) is 2.19. The summed E-state index contributed by atoms with van der Waals surface area (Å²) in [5, 5.41) is 0. The molecule has 2 rings (SSSR count). The smallest absolute Gasteiger partial charge is 0.410 e. The van der Waals surface area contributed by atoms with Gasteiger partial charge in [0.25, 0.3) is 0 Å². The van der Waals surface area contributed by atoms with Crippen LogP contribution in [0.1, 0.15) is 24.5 Å². The van der Waals surface area contributed by atoms with Crippen molar-refractivity contribution >= 4 is 22.0 Å². The Morgan fingerprint density at radius 2 is 1.78 bits per heavy atom. The van der Waals surface area contributed by atoms with E-state index in [0.717, 1.165) is 22.9 Å². The van der Waals surface area contributed by atoms with Gasteiger partial charge in [0.2, 0.25) is 0 Å². The molecule has 0 spiro atoms. The van der Waals surface area contributed by atoms with Crippen molar-refractivity contribution in [3.8, 4) is 0 Å². The normalized spacial score (nSPS) is 11.8. The number of hydrogen-bond donors (Lipinski definition) is 0. The Kier molecular flexibility index (Phi) is 6.66. The van der Waals surface area contributed by atoms with Crippen molar-refractivity contribution in [3.05, 3.63) is 70.2 Å². The molecule has 0 radical (unpaired) electrons. The fourth-order valence-electron chi connectivity index (χ4n) is 2.44. The summed E-state index contributed by atoms with van der Waals surface area (Å²) in [7, 11) is 1.80. The van der Waals surface area contributed by atoms with Crippen LogP contribution in [-0.4, -0.2) is 24.1 Å². The number of benzene rings is 2. The summed E-state index contributed by atoms with van der Waals surface area (Å²) in [6.45, 7) is 2.39. The van der Waals surface area contributed by atoms with Crippen molar-refractivity contribution in [2.45, 2.75) is 32.4 Å². The third kappa shape index (κ3) is 5.10.